The van der Waals surface area contributed by atoms with E-state index >= 15 is 0 Å². The van der Waals surface area contributed by atoms with Crippen molar-refractivity contribution in [1.29, 1.82) is 0 Å². The van der Waals surface area contributed by atoms with Crippen molar-refractivity contribution in [1.82, 2.24) is 10.6 Å². The molecular weight excluding hydrogens is 312 g/mol. The van der Waals surface area contributed by atoms with Gasteiger partial charge in [0.15, 0.2) is 0 Å². The number of hydrogen-bond acceptors (Lipinski definition) is 3. The Bertz CT molecular complexity index is 532. The van der Waals surface area contributed by atoms with E-state index in [4.69, 9.17) is 5.11 Å². The first-order valence-electron chi connectivity index (χ1n) is 7.88. The lowest BCUT2D eigenvalue weighted by atomic mass is 10.0. The van der Waals surface area contributed by atoms with Gasteiger partial charge >= 0.3 is 12.0 Å². The summed E-state index contributed by atoms with van der Waals surface area (Å²) in [5.41, 5.74) is 1.09. The van der Waals surface area contributed by atoms with E-state index in [1.165, 1.54) is 0 Å². The number of benzene rings is 1. The second-order valence-corrected chi connectivity index (χ2v) is 7.31. The Balaban J connectivity index is 1.85. The number of carbonyl (C=O) groups excluding carboxylic acids is 1. The Kier molecular flexibility index (Phi) is 6.33. The van der Waals surface area contributed by atoms with Gasteiger partial charge in [-0.1, -0.05) is 30.3 Å². The normalized spacial score (nSPS) is 16.4. The van der Waals surface area contributed by atoms with Crippen LogP contribution in [0.3, 0.4) is 0 Å². The van der Waals surface area contributed by atoms with E-state index in [0.717, 1.165) is 18.4 Å². The molecule has 2 amide bonds. The second-order valence-electron chi connectivity index (χ2n) is 6.03. The van der Waals surface area contributed by atoms with E-state index in [1.54, 1.807) is 11.8 Å². The van der Waals surface area contributed by atoms with Crippen molar-refractivity contribution in [2.45, 2.75) is 42.9 Å². The van der Waals surface area contributed by atoms with Gasteiger partial charge in [-0.25, -0.2) is 4.79 Å². The van der Waals surface area contributed by atoms with Crippen LogP contribution in [0.2, 0.25) is 0 Å². The summed E-state index contributed by atoms with van der Waals surface area (Å²) in [4.78, 5) is 22.9. The molecule has 1 saturated carbocycles. The third-order valence-corrected chi connectivity index (χ3v) is 5.60. The Hall–Kier alpha value is -1.69. The molecule has 0 aliphatic heterocycles. The average Bonchev–Trinajstić information content (AvgIpc) is 3.32. The highest BCUT2D eigenvalue weighted by Crippen LogP contribution is 2.46. The molecule has 3 N–H and O–H groups in total. The predicted octanol–water partition coefficient (Wildman–Crippen LogP) is 2.66. The van der Waals surface area contributed by atoms with Crippen molar-refractivity contribution in [2.24, 2.45) is 0 Å². The smallest absolute Gasteiger partial charge is 0.315 e. The fraction of sp³-hybridized carbons (Fsp3) is 0.529. The van der Waals surface area contributed by atoms with Crippen LogP contribution < -0.4 is 10.6 Å². The lowest BCUT2D eigenvalue weighted by molar-refractivity contribution is -0.137. The molecule has 0 bridgehead atoms. The van der Waals surface area contributed by atoms with Crippen molar-refractivity contribution in [2.75, 3.05) is 12.8 Å². The van der Waals surface area contributed by atoms with E-state index in [9.17, 15) is 9.59 Å². The first-order chi connectivity index (χ1) is 11.0. The fourth-order valence-electron chi connectivity index (χ4n) is 2.49. The summed E-state index contributed by atoms with van der Waals surface area (Å²) in [5, 5.41) is 14.7. The maximum Gasteiger partial charge on any atom is 0.315 e. The fourth-order valence-corrected chi connectivity index (χ4v) is 3.22. The van der Waals surface area contributed by atoms with E-state index in [2.05, 4.69) is 16.9 Å². The van der Waals surface area contributed by atoms with Gasteiger partial charge < -0.3 is 15.7 Å². The molecule has 2 rings (SSSR count). The molecule has 23 heavy (non-hydrogen) atoms. The highest BCUT2D eigenvalue weighted by atomic mass is 32.2. The molecule has 1 aromatic carbocycles. The molecule has 0 saturated heterocycles. The molecule has 1 fully saturated rings. The zero-order valence-electron chi connectivity index (χ0n) is 13.4. The molecule has 5 nitrogen and oxygen atoms in total. The summed E-state index contributed by atoms with van der Waals surface area (Å²) in [6.07, 6.45) is 5.45. The Morgan fingerprint density at radius 3 is 2.57 bits per heavy atom. The number of aliphatic carboxylic acids is 1. The summed E-state index contributed by atoms with van der Waals surface area (Å²) in [7, 11) is 0. The largest absolute Gasteiger partial charge is 0.481 e. The lowest BCUT2D eigenvalue weighted by Gasteiger charge is -2.20. The first-order valence-corrected chi connectivity index (χ1v) is 9.11. The zero-order chi connectivity index (χ0) is 16.7. The number of hydrogen-bond donors (Lipinski definition) is 3. The molecular formula is C17H24N2O3S. The van der Waals surface area contributed by atoms with Crippen LogP contribution in [0.1, 0.15) is 31.2 Å². The van der Waals surface area contributed by atoms with Crippen LogP contribution in [0.4, 0.5) is 4.79 Å². The van der Waals surface area contributed by atoms with Gasteiger partial charge in [-0.3, -0.25) is 4.79 Å². The van der Waals surface area contributed by atoms with Crippen molar-refractivity contribution in [3.63, 3.8) is 0 Å². The molecule has 1 aliphatic carbocycles. The summed E-state index contributed by atoms with van der Waals surface area (Å²) in [6.45, 7) is 0.664. The Morgan fingerprint density at radius 2 is 2.00 bits per heavy atom. The third kappa shape index (κ3) is 6.14. The minimum absolute atomic E-state index is 0.0481. The van der Waals surface area contributed by atoms with Gasteiger partial charge in [0.1, 0.15) is 0 Å². The SMILES string of the molecule is CSC1(CNC(=O)NC(CCC(=O)O)Cc2ccccc2)CC1. The lowest BCUT2D eigenvalue weighted by Crippen LogP contribution is -2.45. The summed E-state index contributed by atoms with van der Waals surface area (Å²) in [5.74, 6) is -0.843. The number of carbonyl (C=O) groups is 2. The van der Waals surface area contributed by atoms with Crippen molar-refractivity contribution >= 4 is 23.8 Å². The summed E-state index contributed by atoms with van der Waals surface area (Å²) in [6, 6.07) is 9.40. The van der Waals surface area contributed by atoms with Gasteiger partial charge in [0.2, 0.25) is 0 Å². The number of amides is 2. The standard InChI is InChI=1S/C17H24N2O3S/c1-23-17(9-10-17)12-18-16(22)19-14(7-8-15(20)21)11-13-5-3-2-4-6-13/h2-6,14H,7-12H2,1H3,(H,20,21)(H2,18,19,22). The molecule has 126 valence electrons. The average molecular weight is 336 g/mol. The van der Waals surface area contributed by atoms with Crippen molar-refractivity contribution < 1.29 is 14.7 Å². The van der Waals surface area contributed by atoms with Gasteiger partial charge in [0.25, 0.3) is 0 Å². The van der Waals surface area contributed by atoms with Crippen LogP contribution in [-0.4, -0.2) is 40.7 Å². The van der Waals surface area contributed by atoms with Crippen molar-refractivity contribution in [3.05, 3.63) is 35.9 Å². The monoisotopic (exact) mass is 336 g/mol. The van der Waals surface area contributed by atoms with E-state index < -0.39 is 5.97 Å². The molecule has 0 aromatic heterocycles. The first kappa shape index (κ1) is 17.7. The molecule has 1 aliphatic rings. The molecule has 1 aromatic rings. The number of rotatable bonds is 9. The van der Waals surface area contributed by atoms with Crippen LogP contribution in [0.15, 0.2) is 30.3 Å². The maximum atomic E-state index is 12.1. The molecule has 6 heteroatoms. The topological polar surface area (TPSA) is 78.4 Å². The molecule has 0 radical (unpaired) electrons. The van der Waals surface area contributed by atoms with Gasteiger partial charge in [-0.15, -0.1) is 0 Å². The predicted molar refractivity (Wildman–Crippen MR) is 92.8 cm³/mol. The van der Waals surface area contributed by atoms with E-state index in [-0.39, 0.29) is 23.2 Å². The highest BCUT2D eigenvalue weighted by Gasteiger charge is 2.41. The van der Waals surface area contributed by atoms with E-state index in [1.807, 2.05) is 30.3 Å². The number of urea groups is 1. The van der Waals surface area contributed by atoms with Crippen LogP contribution in [0, 0.1) is 0 Å². The minimum atomic E-state index is -0.843. The molecule has 0 heterocycles. The number of thioether (sulfide) groups is 1. The number of nitrogens with one attached hydrogen (secondary N) is 2. The van der Waals surface area contributed by atoms with Crippen LogP contribution in [0.5, 0.6) is 0 Å². The van der Waals surface area contributed by atoms with Gasteiger partial charge in [0.05, 0.1) is 0 Å². The van der Waals surface area contributed by atoms with Crippen LogP contribution in [-0.2, 0) is 11.2 Å². The quantitative estimate of drug-likeness (QED) is 0.648. The molecule has 1 atom stereocenters. The number of carboxylic acids is 1. The Morgan fingerprint density at radius 1 is 1.30 bits per heavy atom. The molecule has 0 spiro atoms. The third-order valence-electron chi connectivity index (χ3n) is 4.18. The summed E-state index contributed by atoms with van der Waals surface area (Å²) >= 11 is 1.80. The highest BCUT2D eigenvalue weighted by molar-refractivity contribution is 8.00. The minimum Gasteiger partial charge on any atom is -0.481 e. The van der Waals surface area contributed by atoms with Gasteiger partial charge in [-0.2, -0.15) is 11.8 Å². The zero-order valence-corrected chi connectivity index (χ0v) is 14.2. The van der Waals surface area contributed by atoms with Gasteiger partial charge in [0, 0.05) is 23.8 Å². The van der Waals surface area contributed by atoms with Crippen LogP contribution >= 0.6 is 11.8 Å². The second kappa shape index (κ2) is 8.24. The summed E-state index contributed by atoms with van der Waals surface area (Å²) < 4.78 is 0.216. The Labute approximate surface area is 141 Å². The van der Waals surface area contributed by atoms with Crippen molar-refractivity contribution in [3.8, 4) is 0 Å². The maximum absolute atomic E-state index is 12.1. The van der Waals surface area contributed by atoms with E-state index in [0.29, 0.717) is 19.4 Å². The number of carboxylic acid groups (broad SMARTS) is 1. The molecule has 1 unspecified atom stereocenters. The van der Waals surface area contributed by atoms with Gasteiger partial charge in [-0.05, 0) is 37.5 Å². The van der Waals surface area contributed by atoms with Crippen LogP contribution in [0.25, 0.3) is 0 Å².